The average Bonchev–Trinajstić information content (AvgIpc) is 2.44. The number of hydrogen-bond acceptors (Lipinski definition) is 3. The molecule has 2 rings (SSSR count). The first-order chi connectivity index (χ1) is 11.4. The van der Waals surface area contributed by atoms with Crippen molar-refractivity contribution in [2.24, 2.45) is 0 Å². The first-order valence-corrected chi connectivity index (χ1v) is 7.84. The zero-order chi connectivity index (χ0) is 19.0. The largest absolute Gasteiger partial charge is 0.418 e. The maximum absolute atomic E-state index is 13.1. The highest BCUT2D eigenvalue weighted by Crippen LogP contribution is 2.39. The lowest BCUT2D eigenvalue weighted by atomic mass is 10.1. The van der Waals surface area contributed by atoms with Gasteiger partial charge in [-0.3, -0.25) is 9.36 Å². The summed E-state index contributed by atoms with van der Waals surface area (Å²) in [5.74, 6) is -0.274. The van der Waals surface area contributed by atoms with E-state index in [4.69, 9.17) is 0 Å². The SMILES string of the molecule is CCn1c(Nc2cc(C(F)(F)F)ccc2C(F)(F)F)nc(I)cc1=O. The number of nitrogens with one attached hydrogen (secondary N) is 1. The van der Waals surface area contributed by atoms with Crippen LogP contribution in [0.15, 0.2) is 29.1 Å². The third-order valence-corrected chi connectivity index (χ3v) is 3.74. The number of hydrogen-bond donors (Lipinski definition) is 1. The predicted octanol–water partition coefficient (Wildman–Crippen LogP) is 4.65. The Morgan fingerprint density at radius 3 is 2.28 bits per heavy atom. The van der Waals surface area contributed by atoms with E-state index in [0.29, 0.717) is 18.2 Å². The van der Waals surface area contributed by atoms with E-state index in [9.17, 15) is 31.1 Å². The molecule has 136 valence electrons. The summed E-state index contributed by atoms with van der Waals surface area (Å²) in [6, 6.07) is 2.19. The third kappa shape index (κ3) is 4.44. The number of benzene rings is 1. The first kappa shape index (κ1) is 19.5. The van der Waals surface area contributed by atoms with Gasteiger partial charge in [0.15, 0.2) is 0 Å². The molecule has 2 aromatic rings. The number of aromatic nitrogens is 2. The van der Waals surface area contributed by atoms with Crippen LogP contribution in [-0.4, -0.2) is 9.55 Å². The van der Waals surface area contributed by atoms with Gasteiger partial charge in [-0.25, -0.2) is 4.98 Å². The molecule has 0 aliphatic carbocycles. The second-order valence-electron chi connectivity index (χ2n) is 4.87. The van der Waals surface area contributed by atoms with Gasteiger partial charge in [0.25, 0.3) is 5.56 Å². The van der Waals surface area contributed by atoms with Crippen molar-refractivity contribution < 1.29 is 26.3 Å². The Kier molecular flexibility index (Phi) is 5.35. The second kappa shape index (κ2) is 6.84. The Hall–Kier alpha value is -1.79. The molecule has 0 unspecified atom stereocenters. The molecule has 0 spiro atoms. The van der Waals surface area contributed by atoms with Gasteiger partial charge in [-0.2, -0.15) is 26.3 Å². The van der Waals surface area contributed by atoms with E-state index in [1.54, 1.807) is 29.5 Å². The highest BCUT2D eigenvalue weighted by atomic mass is 127. The molecule has 0 atom stereocenters. The Balaban J connectivity index is 2.64. The van der Waals surface area contributed by atoms with Crippen LogP contribution in [0.4, 0.5) is 38.0 Å². The van der Waals surface area contributed by atoms with E-state index in [2.05, 4.69) is 10.3 Å². The van der Waals surface area contributed by atoms with Gasteiger partial charge in [-0.1, -0.05) is 0 Å². The van der Waals surface area contributed by atoms with Gasteiger partial charge in [0.1, 0.15) is 3.70 Å². The average molecular weight is 477 g/mol. The monoisotopic (exact) mass is 477 g/mol. The van der Waals surface area contributed by atoms with E-state index < -0.39 is 34.7 Å². The molecule has 25 heavy (non-hydrogen) atoms. The minimum atomic E-state index is -4.88. The zero-order valence-corrected chi connectivity index (χ0v) is 14.6. The van der Waals surface area contributed by atoms with Crippen LogP contribution in [-0.2, 0) is 18.9 Å². The molecule has 0 fully saturated rings. The van der Waals surface area contributed by atoms with Crippen LogP contribution in [0.25, 0.3) is 0 Å². The second-order valence-corrected chi connectivity index (χ2v) is 5.97. The van der Waals surface area contributed by atoms with Crippen LogP contribution in [0.2, 0.25) is 0 Å². The number of halogens is 7. The van der Waals surface area contributed by atoms with Gasteiger partial charge in [0.2, 0.25) is 5.95 Å². The highest BCUT2D eigenvalue weighted by Gasteiger charge is 2.37. The van der Waals surface area contributed by atoms with Crippen molar-refractivity contribution in [1.29, 1.82) is 0 Å². The Bertz CT molecular complexity index is 844. The maximum atomic E-state index is 13.1. The van der Waals surface area contributed by atoms with Gasteiger partial charge in [-0.15, -0.1) is 0 Å². The summed E-state index contributed by atoms with van der Waals surface area (Å²) in [6.07, 6.45) is -9.70. The van der Waals surface area contributed by atoms with Gasteiger partial charge < -0.3 is 5.32 Å². The topological polar surface area (TPSA) is 46.9 Å². The number of alkyl halides is 6. The van der Waals surface area contributed by atoms with Crippen molar-refractivity contribution in [3.8, 4) is 0 Å². The smallest absolute Gasteiger partial charge is 0.325 e. The molecule has 0 radical (unpaired) electrons. The molecule has 1 N–H and O–H groups in total. The molecule has 0 saturated heterocycles. The van der Waals surface area contributed by atoms with Gasteiger partial charge in [-0.05, 0) is 47.7 Å². The normalized spacial score (nSPS) is 12.3. The van der Waals surface area contributed by atoms with Crippen molar-refractivity contribution in [3.05, 3.63) is 49.4 Å². The summed E-state index contributed by atoms with van der Waals surface area (Å²) in [4.78, 5) is 15.8. The summed E-state index contributed by atoms with van der Waals surface area (Å²) >= 11 is 1.68. The summed E-state index contributed by atoms with van der Waals surface area (Å²) in [6.45, 7) is 1.63. The highest BCUT2D eigenvalue weighted by molar-refractivity contribution is 14.1. The fraction of sp³-hybridized carbons (Fsp3) is 0.286. The minimum absolute atomic E-state index is 0.0748. The summed E-state index contributed by atoms with van der Waals surface area (Å²) in [7, 11) is 0. The zero-order valence-electron chi connectivity index (χ0n) is 12.5. The van der Waals surface area contributed by atoms with Crippen LogP contribution in [0.3, 0.4) is 0 Å². The van der Waals surface area contributed by atoms with Gasteiger partial charge in [0.05, 0.1) is 16.8 Å². The molecule has 1 aromatic heterocycles. The van der Waals surface area contributed by atoms with E-state index in [-0.39, 0.29) is 16.2 Å². The maximum Gasteiger partial charge on any atom is 0.418 e. The standard InChI is InChI=1S/C14H10F6IN3O/c1-2-24-11(25)6-10(21)23-12(24)22-9-5-7(13(15,16)17)3-4-8(9)14(18,19)20/h3-6H,2H2,1H3,(H,22,23). The molecule has 1 heterocycles. The lowest BCUT2D eigenvalue weighted by molar-refractivity contribution is -0.140. The number of anilines is 2. The van der Waals surface area contributed by atoms with Crippen LogP contribution >= 0.6 is 22.6 Å². The first-order valence-electron chi connectivity index (χ1n) is 6.76. The molecule has 0 aliphatic rings. The van der Waals surface area contributed by atoms with E-state index in [1.165, 1.54) is 0 Å². The van der Waals surface area contributed by atoms with Gasteiger partial charge >= 0.3 is 12.4 Å². The van der Waals surface area contributed by atoms with E-state index in [0.717, 1.165) is 10.6 Å². The Morgan fingerprint density at radius 1 is 1.12 bits per heavy atom. The number of rotatable bonds is 3. The van der Waals surface area contributed by atoms with Crippen molar-refractivity contribution in [1.82, 2.24) is 9.55 Å². The van der Waals surface area contributed by atoms with Crippen LogP contribution in [0.1, 0.15) is 18.1 Å². The molecule has 0 aliphatic heterocycles. The quantitative estimate of drug-likeness (QED) is 0.398. The van der Waals surface area contributed by atoms with E-state index in [1.807, 2.05) is 0 Å². The summed E-state index contributed by atoms with van der Waals surface area (Å²) in [5.41, 5.74) is -3.92. The third-order valence-electron chi connectivity index (χ3n) is 3.19. The molecule has 0 saturated carbocycles. The van der Waals surface area contributed by atoms with Crippen LogP contribution in [0.5, 0.6) is 0 Å². The summed E-state index contributed by atoms with van der Waals surface area (Å²) in [5, 5.41) is 2.22. The Labute approximate surface area is 151 Å². The Morgan fingerprint density at radius 2 is 1.76 bits per heavy atom. The van der Waals surface area contributed by atoms with Crippen molar-refractivity contribution in [2.75, 3.05) is 5.32 Å². The predicted molar refractivity (Wildman–Crippen MR) is 86.6 cm³/mol. The molecule has 4 nitrogen and oxygen atoms in total. The van der Waals surface area contributed by atoms with Crippen LogP contribution < -0.4 is 10.9 Å². The van der Waals surface area contributed by atoms with Crippen molar-refractivity contribution in [2.45, 2.75) is 25.8 Å². The van der Waals surface area contributed by atoms with Crippen molar-refractivity contribution in [3.63, 3.8) is 0 Å². The fourth-order valence-corrected chi connectivity index (χ4v) is 2.57. The molecule has 1 aromatic carbocycles. The van der Waals surface area contributed by atoms with Crippen LogP contribution in [0, 0.1) is 3.70 Å². The van der Waals surface area contributed by atoms with Crippen molar-refractivity contribution >= 4 is 34.2 Å². The number of nitrogens with zero attached hydrogens (tertiary/aromatic N) is 2. The molecule has 11 heteroatoms. The van der Waals surface area contributed by atoms with E-state index >= 15 is 0 Å². The van der Waals surface area contributed by atoms with Gasteiger partial charge in [0, 0.05) is 12.6 Å². The fourth-order valence-electron chi connectivity index (χ4n) is 2.07. The minimum Gasteiger partial charge on any atom is -0.325 e. The lowest BCUT2D eigenvalue weighted by Gasteiger charge is -2.18. The lowest BCUT2D eigenvalue weighted by Crippen LogP contribution is -2.24. The molecular weight excluding hydrogens is 467 g/mol. The molecule has 0 bridgehead atoms. The molecule has 0 amide bonds. The molecular formula is C14H10F6IN3O. The summed E-state index contributed by atoms with van der Waals surface area (Å²) < 4.78 is 79.0.